The maximum absolute atomic E-state index is 12.0. The Bertz CT molecular complexity index is 1220. The highest BCUT2D eigenvalue weighted by molar-refractivity contribution is 5.92. The molecule has 0 amide bonds. The smallest absolute Gasteiger partial charge is 0.229 e. The van der Waals surface area contributed by atoms with E-state index in [1.165, 1.54) is 6.08 Å². The number of carbonyl (C=O) groups is 1. The van der Waals surface area contributed by atoms with Gasteiger partial charge in [0.2, 0.25) is 11.8 Å². The molecule has 0 bridgehead atoms. The van der Waals surface area contributed by atoms with Gasteiger partial charge in [0.15, 0.2) is 5.78 Å². The van der Waals surface area contributed by atoms with Gasteiger partial charge < -0.3 is 25.0 Å². The number of aryl methyl sites for hydroxylation is 2. The van der Waals surface area contributed by atoms with Crippen molar-refractivity contribution in [2.75, 3.05) is 48.9 Å². The third kappa shape index (κ3) is 6.13. The minimum absolute atomic E-state index is 0.0388. The van der Waals surface area contributed by atoms with Crippen LogP contribution in [0, 0.1) is 13.8 Å². The van der Waals surface area contributed by atoms with Crippen LogP contribution in [0.25, 0.3) is 0 Å². The molecule has 35 heavy (non-hydrogen) atoms. The SMILES string of the molecule is C=CC(=O)Cc1cc(C)ccc1Nc1nc(Nc2cc(OC)nc(N3CCOCC3)c2)ncc1C. The summed E-state index contributed by atoms with van der Waals surface area (Å²) in [5, 5.41) is 6.64. The summed E-state index contributed by atoms with van der Waals surface area (Å²) >= 11 is 0. The first-order chi connectivity index (χ1) is 16.9. The van der Waals surface area contributed by atoms with Crippen LogP contribution in [0.5, 0.6) is 5.88 Å². The van der Waals surface area contributed by atoms with Gasteiger partial charge in [-0.15, -0.1) is 0 Å². The largest absolute Gasteiger partial charge is 0.481 e. The molecule has 0 aliphatic carbocycles. The Morgan fingerprint density at radius 1 is 1.17 bits per heavy atom. The molecule has 1 saturated heterocycles. The number of nitrogens with zero attached hydrogens (tertiary/aromatic N) is 4. The van der Waals surface area contributed by atoms with Crippen LogP contribution in [0.3, 0.4) is 0 Å². The molecule has 3 aromatic rings. The Morgan fingerprint density at radius 2 is 1.97 bits per heavy atom. The molecule has 0 spiro atoms. The Hall–Kier alpha value is -3.98. The van der Waals surface area contributed by atoms with Crippen molar-refractivity contribution in [3.05, 3.63) is 65.9 Å². The number of ether oxygens (including phenoxy) is 2. The molecule has 4 rings (SSSR count). The number of rotatable bonds is 9. The van der Waals surface area contributed by atoms with E-state index < -0.39 is 0 Å². The maximum Gasteiger partial charge on any atom is 0.229 e. The second-order valence-electron chi connectivity index (χ2n) is 8.34. The Balaban J connectivity index is 1.59. The van der Waals surface area contributed by atoms with Crippen LogP contribution in [0.4, 0.5) is 29.0 Å². The van der Waals surface area contributed by atoms with E-state index in [-0.39, 0.29) is 12.2 Å². The number of hydrogen-bond donors (Lipinski definition) is 2. The van der Waals surface area contributed by atoms with Crippen LogP contribution >= 0.6 is 0 Å². The number of anilines is 5. The summed E-state index contributed by atoms with van der Waals surface area (Å²) in [5.74, 6) is 2.33. The highest BCUT2D eigenvalue weighted by Crippen LogP contribution is 2.28. The molecule has 2 aromatic heterocycles. The Labute approximate surface area is 205 Å². The van der Waals surface area contributed by atoms with Crippen molar-refractivity contribution < 1.29 is 14.3 Å². The van der Waals surface area contributed by atoms with Gasteiger partial charge in [0.25, 0.3) is 0 Å². The van der Waals surface area contributed by atoms with Gasteiger partial charge >= 0.3 is 0 Å². The van der Waals surface area contributed by atoms with E-state index >= 15 is 0 Å². The third-order valence-corrected chi connectivity index (χ3v) is 5.67. The summed E-state index contributed by atoms with van der Waals surface area (Å²) in [6.45, 7) is 10.4. The normalized spacial score (nSPS) is 13.3. The second-order valence-corrected chi connectivity index (χ2v) is 8.34. The molecule has 9 heteroatoms. The third-order valence-electron chi connectivity index (χ3n) is 5.67. The number of nitrogens with one attached hydrogen (secondary N) is 2. The first-order valence-electron chi connectivity index (χ1n) is 11.5. The number of carbonyl (C=O) groups excluding carboxylic acids is 1. The first-order valence-corrected chi connectivity index (χ1v) is 11.5. The number of allylic oxidation sites excluding steroid dienone is 1. The van der Waals surface area contributed by atoms with E-state index in [4.69, 9.17) is 14.5 Å². The molecule has 0 unspecified atom stereocenters. The number of ketones is 1. The van der Waals surface area contributed by atoms with E-state index in [1.54, 1.807) is 19.4 Å². The molecule has 1 aliphatic heterocycles. The van der Waals surface area contributed by atoms with Crippen molar-refractivity contribution in [1.29, 1.82) is 0 Å². The van der Waals surface area contributed by atoms with Gasteiger partial charge in [0.05, 0.1) is 20.3 Å². The van der Waals surface area contributed by atoms with E-state index in [0.29, 0.717) is 30.9 Å². The van der Waals surface area contributed by atoms with Crippen molar-refractivity contribution in [3.63, 3.8) is 0 Å². The summed E-state index contributed by atoms with van der Waals surface area (Å²) in [4.78, 5) is 27.9. The summed E-state index contributed by atoms with van der Waals surface area (Å²) in [6.07, 6.45) is 3.36. The van der Waals surface area contributed by atoms with Crippen LogP contribution in [0.2, 0.25) is 0 Å². The molecular formula is C26H30N6O3. The van der Waals surface area contributed by atoms with Gasteiger partial charge in [0.1, 0.15) is 11.6 Å². The molecule has 0 saturated carbocycles. The number of methoxy groups -OCH3 is 1. The molecule has 9 nitrogen and oxygen atoms in total. The van der Waals surface area contributed by atoms with Crippen LogP contribution in [0.1, 0.15) is 16.7 Å². The Morgan fingerprint density at radius 3 is 2.71 bits per heavy atom. The predicted octanol–water partition coefficient (Wildman–Crippen LogP) is 4.12. The number of pyridine rings is 1. The van der Waals surface area contributed by atoms with Crippen LogP contribution in [-0.4, -0.2) is 54.1 Å². The number of aromatic nitrogens is 3. The fourth-order valence-corrected chi connectivity index (χ4v) is 3.76. The second kappa shape index (κ2) is 11.0. The van der Waals surface area contributed by atoms with Crippen molar-refractivity contribution in [2.24, 2.45) is 0 Å². The molecule has 182 valence electrons. The lowest BCUT2D eigenvalue weighted by Gasteiger charge is -2.28. The van der Waals surface area contributed by atoms with E-state index in [0.717, 1.165) is 47.0 Å². The highest BCUT2D eigenvalue weighted by atomic mass is 16.5. The Kier molecular flexibility index (Phi) is 7.57. The summed E-state index contributed by atoms with van der Waals surface area (Å²) in [5.41, 5.74) is 4.42. The molecule has 2 N–H and O–H groups in total. The average Bonchev–Trinajstić information content (AvgIpc) is 2.87. The lowest BCUT2D eigenvalue weighted by atomic mass is 10.0. The molecule has 3 heterocycles. The van der Waals surface area contributed by atoms with E-state index in [1.807, 2.05) is 38.1 Å². The summed E-state index contributed by atoms with van der Waals surface area (Å²) in [6, 6.07) is 9.70. The van der Waals surface area contributed by atoms with Gasteiger partial charge in [-0.25, -0.2) is 4.98 Å². The van der Waals surface area contributed by atoms with Gasteiger partial charge in [-0.05, 0) is 31.6 Å². The van der Waals surface area contributed by atoms with Crippen LogP contribution in [-0.2, 0) is 16.0 Å². The monoisotopic (exact) mass is 474 g/mol. The number of morpholine rings is 1. The molecular weight excluding hydrogens is 444 g/mol. The summed E-state index contributed by atoms with van der Waals surface area (Å²) in [7, 11) is 1.59. The van der Waals surface area contributed by atoms with Crippen LogP contribution in [0.15, 0.2) is 49.2 Å². The topological polar surface area (TPSA) is 102 Å². The van der Waals surface area contributed by atoms with Crippen molar-refractivity contribution in [1.82, 2.24) is 15.0 Å². The lowest BCUT2D eigenvalue weighted by molar-refractivity contribution is -0.114. The quantitative estimate of drug-likeness (QED) is 0.444. The zero-order chi connectivity index (χ0) is 24.8. The minimum Gasteiger partial charge on any atom is -0.481 e. The van der Waals surface area contributed by atoms with Crippen LogP contribution < -0.4 is 20.3 Å². The molecule has 0 atom stereocenters. The minimum atomic E-state index is -0.0388. The highest BCUT2D eigenvalue weighted by Gasteiger charge is 2.16. The maximum atomic E-state index is 12.0. The molecule has 1 aliphatic rings. The zero-order valence-corrected chi connectivity index (χ0v) is 20.3. The van der Waals surface area contributed by atoms with E-state index in [9.17, 15) is 4.79 Å². The van der Waals surface area contributed by atoms with Gasteiger partial charge in [-0.3, -0.25) is 4.79 Å². The molecule has 1 aromatic carbocycles. The van der Waals surface area contributed by atoms with Crippen molar-refractivity contribution in [2.45, 2.75) is 20.3 Å². The molecule has 0 radical (unpaired) electrons. The van der Waals surface area contributed by atoms with Gasteiger partial charge in [-0.1, -0.05) is 24.3 Å². The standard InChI is InChI=1S/C26H30N6O3/c1-5-21(33)13-19-12-17(2)6-7-22(19)29-25-18(3)16-27-26(31-25)28-20-14-23(30-24(15-20)34-4)32-8-10-35-11-9-32/h5-7,12,14-16H,1,8-11,13H2,2-4H3,(H2,27,28,29,30,31). The summed E-state index contributed by atoms with van der Waals surface area (Å²) < 4.78 is 10.9. The predicted molar refractivity (Wildman–Crippen MR) is 137 cm³/mol. The fraction of sp³-hybridized carbons (Fsp3) is 0.308. The van der Waals surface area contributed by atoms with Crippen molar-refractivity contribution >= 4 is 34.7 Å². The first kappa shape index (κ1) is 24.2. The van der Waals surface area contributed by atoms with Gasteiger partial charge in [0, 0.05) is 54.8 Å². The van der Waals surface area contributed by atoms with Crippen molar-refractivity contribution in [3.8, 4) is 5.88 Å². The lowest BCUT2D eigenvalue weighted by Crippen LogP contribution is -2.36. The van der Waals surface area contributed by atoms with E-state index in [2.05, 4.69) is 32.1 Å². The average molecular weight is 475 g/mol. The zero-order valence-electron chi connectivity index (χ0n) is 20.3. The van der Waals surface area contributed by atoms with Gasteiger partial charge in [-0.2, -0.15) is 9.97 Å². The number of benzene rings is 1. The molecule has 1 fully saturated rings. The fourth-order valence-electron chi connectivity index (χ4n) is 3.76. The number of hydrogen-bond acceptors (Lipinski definition) is 9.